The number of ether oxygens (including phenoxy) is 1. The van der Waals surface area contributed by atoms with E-state index in [1.165, 1.54) is 36.0 Å². The maximum absolute atomic E-state index is 6.12. The van der Waals surface area contributed by atoms with Gasteiger partial charge in [0, 0.05) is 12.2 Å². The quantitative estimate of drug-likeness (QED) is 0.897. The average molecular weight is 288 g/mol. The minimum Gasteiger partial charge on any atom is -0.495 e. The molecule has 0 amide bonds. The van der Waals surface area contributed by atoms with Gasteiger partial charge in [-0.25, -0.2) is 0 Å². The van der Waals surface area contributed by atoms with Gasteiger partial charge in [-0.05, 0) is 54.2 Å². The first-order valence-corrected chi connectivity index (χ1v) is 7.32. The highest BCUT2D eigenvalue weighted by atomic mass is 35.5. The van der Waals surface area contributed by atoms with Crippen molar-refractivity contribution in [3.8, 4) is 5.75 Å². The van der Waals surface area contributed by atoms with Crippen LogP contribution in [-0.2, 0) is 19.4 Å². The molecule has 2 nitrogen and oxygen atoms in total. The van der Waals surface area contributed by atoms with Gasteiger partial charge in [-0.15, -0.1) is 0 Å². The summed E-state index contributed by atoms with van der Waals surface area (Å²) in [6, 6.07) is 12.6. The van der Waals surface area contributed by atoms with Crippen LogP contribution in [0.25, 0.3) is 0 Å². The van der Waals surface area contributed by atoms with Crippen molar-refractivity contribution < 1.29 is 4.74 Å². The van der Waals surface area contributed by atoms with E-state index in [0.29, 0.717) is 10.8 Å². The third-order valence-corrected chi connectivity index (χ3v) is 4.11. The fraction of sp³-hybridized carbons (Fsp3) is 0.294. The summed E-state index contributed by atoms with van der Waals surface area (Å²) in [4.78, 5) is 0. The van der Waals surface area contributed by atoms with Gasteiger partial charge in [0.2, 0.25) is 0 Å². The summed E-state index contributed by atoms with van der Waals surface area (Å²) >= 11 is 6.12. The molecule has 3 heteroatoms. The number of benzene rings is 2. The summed E-state index contributed by atoms with van der Waals surface area (Å²) in [5.74, 6) is 0.703. The Hall–Kier alpha value is -1.67. The molecule has 0 unspecified atom stereocenters. The smallest absolute Gasteiger partial charge is 0.137 e. The summed E-state index contributed by atoms with van der Waals surface area (Å²) in [6.45, 7) is 0.815. The Morgan fingerprint density at radius 2 is 1.95 bits per heavy atom. The van der Waals surface area contributed by atoms with E-state index < -0.39 is 0 Å². The number of rotatable bonds is 4. The third-order valence-electron chi connectivity index (χ3n) is 3.81. The minimum atomic E-state index is 0.631. The molecule has 1 aliphatic rings. The second-order valence-corrected chi connectivity index (χ2v) is 5.57. The number of anilines is 1. The van der Waals surface area contributed by atoms with E-state index in [0.717, 1.165) is 12.2 Å². The zero-order chi connectivity index (χ0) is 13.9. The fourth-order valence-electron chi connectivity index (χ4n) is 2.72. The summed E-state index contributed by atoms with van der Waals surface area (Å²) in [6.07, 6.45) is 3.75. The molecule has 0 saturated carbocycles. The van der Waals surface area contributed by atoms with Crippen LogP contribution >= 0.6 is 11.6 Å². The van der Waals surface area contributed by atoms with Crippen LogP contribution in [0.2, 0.25) is 5.02 Å². The molecular formula is C17H18ClNO. The van der Waals surface area contributed by atoms with Crippen molar-refractivity contribution in [3.05, 3.63) is 58.1 Å². The van der Waals surface area contributed by atoms with Crippen molar-refractivity contribution in [2.24, 2.45) is 0 Å². The molecule has 104 valence electrons. The van der Waals surface area contributed by atoms with Crippen molar-refractivity contribution in [2.75, 3.05) is 12.4 Å². The van der Waals surface area contributed by atoms with Crippen molar-refractivity contribution in [2.45, 2.75) is 25.8 Å². The number of aryl methyl sites for hydroxylation is 2. The lowest BCUT2D eigenvalue weighted by atomic mass is 10.1. The molecular weight excluding hydrogens is 270 g/mol. The second-order valence-electron chi connectivity index (χ2n) is 5.16. The van der Waals surface area contributed by atoms with Gasteiger partial charge in [0.15, 0.2) is 0 Å². The van der Waals surface area contributed by atoms with Crippen molar-refractivity contribution in [3.63, 3.8) is 0 Å². The van der Waals surface area contributed by atoms with E-state index in [1.807, 2.05) is 18.2 Å². The molecule has 0 aliphatic heterocycles. The summed E-state index contributed by atoms with van der Waals surface area (Å²) in [7, 11) is 1.62. The van der Waals surface area contributed by atoms with Crippen molar-refractivity contribution in [1.82, 2.24) is 0 Å². The molecule has 0 atom stereocenters. The Balaban J connectivity index is 1.69. The lowest BCUT2D eigenvalue weighted by molar-refractivity contribution is 0.415. The van der Waals surface area contributed by atoms with Crippen molar-refractivity contribution >= 4 is 17.3 Å². The Labute approximate surface area is 124 Å². The van der Waals surface area contributed by atoms with Crippen LogP contribution in [0, 0.1) is 0 Å². The van der Waals surface area contributed by atoms with Crippen molar-refractivity contribution in [1.29, 1.82) is 0 Å². The standard InChI is InChI=1S/C17H18ClNO/c1-20-17-8-7-15(10-16(17)18)19-11-12-5-6-13-3-2-4-14(13)9-12/h5-10,19H,2-4,11H2,1H3. The van der Waals surface area contributed by atoms with E-state index in [4.69, 9.17) is 16.3 Å². The number of nitrogens with one attached hydrogen (secondary N) is 1. The molecule has 0 radical (unpaired) electrons. The van der Waals surface area contributed by atoms with E-state index >= 15 is 0 Å². The molecule has 2 aromatic carbocycles. The zero-order valence-corrected chi connectivity index (χ0v) is 12.3. The first kappa shape index (κ1) is 13.3. The average Bonchev–Trinajstić information content (AvgIpc) is 2.92. The highest BCUT2D eigenvalue weighted by Gasteiger charge is 2.10. The Morgan fingerprint density at radius 3 is 2.75 bits per heavy atom. The van der Waals surface area contributed by atoms with Gasteiger partial charge in [-0.3, -0.25) is 0 Å². The van der Waals surface area contributed by atoms with Gasteiger partial charge in [0.1, 0.15) is 5.75 Å². The zero-order valence-electron chi connectivity index (χ0n) is 11.6. The van der Waals surface area contributed by atoms with Gasteiger partial charge in [-0.1, -0.05) is 29.8 Å². The van der Waals surface area contributed by atoms with Gasteiger partial charge >= 0.3 is 0 Å². The van der Waals surface area contributed by atoms with Gasteiger partial charge in [0.05, 0.1) is 12.1 Å². The summed E-state index contributed by atoms with van der Waals surface area (Å²) < 4.78 is 5.15. The molecule has 3 rings (SSSR count). The van der Waals surface area contributed by atoms with Crippen LogP contribution in [0.5, 0.6) is 5.75 Å². The number of hydrogen-bond acceptors (Lipinski definition) is 2. The molecule has 0 spiro atoms. The molecule has 1 N–H and O–H groups in total. The fourth-order valence-corrected chi connectivity index (χ4v) is 2.97. The van der Waals surface area contributed by atoms with E-state index in [9.17, 15) is 0 Å². The van der Waals surface area contributed by atoms with Crippen LogP contribution in [-0.4, -0.2) is 7.11 Å². The van der Waals surface area contributed by atoms with E-state index in [1.54, 1.807) is 7.11 Å². The lowest BCUT2D eigenvalue weighted by Crippen LogP contribution is -2.00. The monoisotopic (exact) mass is 287 g/mol. The third kappa shape index (κ3) is 2.75. The molecule has 0 fully saturated rings. The van der Waals surface area contributed by atoms with E-state index in [-0.39, 0.29) is 0 Å². The lowest BCUT2D eigenvalue weighted by Gasteiger charge is -2.10. The summed E-state index contributed by atoms with van der Waals surface area (Å²) in [5.41, 5.74) is 5.35. The molecule has 0 bridgehead atoms. The highest BCUT2D eigenvalue weighted by Crippen LogP contribution is 2.28. The normalized spacial score (nSPS) is 13.1. The molecule has 0 aromatic heterocycles. The van der Waals surface area contributed by atoms with Crippen LogP contribution in [0.15, 0.2) is 36.4 Å². The van der Waals surface area contributed by atoms with Crippen LogP contribution in [0.4, 0.5) is 5.69 Å². The van der Waals surface area contributed by atoms with Gasteiger partial charge in [-0.2, -0.15) is 0 Å². The number of hydrogen-bond donors (Lipinski definition) is 1. The highest BCUT2D eigenvalue weighted by molar-refractivity contribution is 6.32. The van der Waals surface area contributed by atoms with Gasteiger partial charge < -0.3 is 10.1 Å². The Morgan fingerprint density at radius 1 is 1.10 bits per heavy atom. The maximum atomic E-state index is 6.12. The molecule has 0 saturated heterocycles. The number of halogens is 1. The van der Waals surface area contributed by atoms with E-state index in [2.05, 4.69) is 23.5 Å². The summed E-state index contributed by atoms with van der Waals surface area (Å²) in [5, 5.41) is 4.04. The maximum Gasteiger partial charge on any atom is 0.137 e. The SMILES string of the molecule is COc1ccc(NCc2ccc3c(c2)CCC3)cc1Cl. The molecule has 20 heavy (non-hydrogen) atoms. The van der Waals surface area contributed by atoms with Crippen LogP contribution in [0.3, 0.4) is 0 Å². The largest absolute Gasteiger partial charge is 0.495 e. The predicted molar refractivity (Wildman–Crippen MR) is 83.8 cm³/mol. The minimum absolute atomic E-state index is 0.631. The Bertz CT molecular complexity index is 624. The first-order chi connectivity index (χ1) is 9.76. The number of fused-ring (bicyclic) bond motifs is 1. The first-order valence-electron chi connectivity index (χ1n) is 6.94. The van der Waals surface area contributed by atoms with Crippen LogP contribution in [0.1, 0.15) is 23.1 Å². The number of methoxy groups -OCH3 is 1. The van der Waals surface area contributed by atoms with Crippen LogP contribution < -0.4 is 10.1 Å². The Kier molecular flexibility index (Phi) is 3.83. The molecule has 0 heterocycles. The molecule has 2 aromatic rings. The second kappa shape index (κ2) is 5.76. The topological polar surface area (TPSA) is 21.3 Å². The molecule has 1 aliphatic carbocycles. The predicted octanol–water partition coefficient (Wildman–Crippen LogP) is 4.45. The van der Waals surface area contributed by atoms with Gasteiger partial charge in [0.25, 0.3) is 0 Å².